The first-order valence-electron chi connectivity index (χ1n) is 12.8. The Morgan fingerprint density at radius 3 is 1.04 bits per heavy atom. The number of hydrogen-bond acceptors (Lipinski definition) is 0. The van der Waals surface area contributed by atoms with Gasteiger partial charge >= 0.3 is 0 Å². The van der Waals surface area contributed by atoms with Crippen LogP contribution in [0.1, 0.15) is 141 Å². The minimum Gasteiger partial charge on any atom is -0.0654 e. The van der Waals surface area contributed by atoms with E-state index in [2.05, 4.69) is 38.1 Å². The van der Waals surface area contributed by atoms with Crippen LogP contribution < -0.4 is 0 Å². The van der Waals surface area contributed by atoms with Crippen molar-refractivity contribution in [1.29, 1.82) is 0 Å². The number of rotatable bonds is 20. The molecule has 0 aliphatic carbocycles. The Hall–Kier alpha value is -0.780. The van der Waals surface area contributed by atoms with Crippen LogP contribution in [0.2, 0.25) is 0 Å². The zero-order valence-corrected chi connectivity index (χ0v) is 19.3. The van der Waals surface area contributed by atoms with Crippen LogP contribution >= 0.6 is 0 Å². The second kappa shape index (κ2) is 19.5. The third kappa shape index (κ3) is 14.3. The van der Waals surface area contributed by atoms with Gasteiger partial charge in [-0.05, 0) is 48.9 Å². The van der Waals surface area contributed by atoms with E-state index < -0.39 is 0 Å². The van der Waals surface area contributed by atoms with Gasteiger partial charge in [0, 0.05) is 0 Å². The molecule has 28 heavy (non-hydrogen) atoms. The molecule has 0 fully saturated rings. The molecule has 1 rings (SSSR count). The fourth-order valence-corrected chi connectivity index (χ4v) is 4.13. The smallest absolute Gasteiger partial charge is 0.0146 e. The lowest BCUT2D eigenvalue weighted by Crippen LogP contribution is -1.96. The van der Waals surface area contributed by atoms with Crippen LogP contribution in [0.4, 0.5) is 0 Å². The number of aryl methyl sites for hydroxylation is 2. The fraction of sp³-hybridized carbons (Fsp3) is 0.786. The van der Waals surface area contributed by atoms with Crippen LogP contribution in [0.5, 0.6) is 0 Å². The first-order valence-corrected chi connectivity index (χ1v) is 12.8. The van der Waals surface area contributed by atoms with Crippen molar-refractivity contribution in [3.63, 3.8) is 0 Å². The molecule has 160 valence electrons. The van der Waals surface area contributed by atoms with Gasteiger partial charge in [0.25, 0.3) is 0 Å². The Bertz CT molecular complexity index is 392. The minimum atomic E-state index is 1.21. The lowest BCUT2D eigenvalue weighted by Gasteiger charge is -2.09. The lowest BCUT2D eigenvalue weighted by molar-refractivity contribution is 0.561. The Labute approximate surface area is 177 Å². The van der Waals surface area contributed by atoms with Crippen molar-refractivity contribution in [2.24, 2.45) is 0 Å². The van der Waals surface area contributed by atoms with E-state index in [1.165, 1.54) is 140 Å². The summed E-state index contributed by atoms with van der Waals surface area (Å²) in [6.45, 7) is 4.59. The molecule has 0 unspecified atom stereocenters. The van der Waals surface area contributed by atoms with Crippen LogP contribution in [-0.4, -0.2) is 0 Å². The molecule has 0 bridgehead atoms. The highest BCUT2D eigenvalue weighted by Gasteiger charge is 2.03. The van der Waals surface area contributed by atoms with Gasteiger partial charge in [0.05, 0.1) is 0 Å². The maximum Gasteiger partial charge on any atom is -0.0146 e. The van der Waals surface area contributed by atoms with Gasteiger partial charge in [-0.3, -0.25) is 0 Å². The predicted molar refractivity (Wildman–Crippen MR) is 126 cm³/mol. The molecule has 0 saturated heterocycles. The molecule has 2 radical (unpaired) electrons. The summed E-state index contributed by atoms with van der Waals surface area (Å²) in [4.78, 5) is 0. The van der Waals surface area contributed by atoms with Crippen molar-refractivity contribution in [3.8, 4) is 0 Å². The topological polar surface area (TPSA) is 0 Å². The molecule has 0 nitrogen and oxygen atoms in total. The van der Waals surface area contributed by atoms with E-state index >= 15 is 0 Å². The number of benzene rings is 1. The van der Waals surface area contributed by atoms with E-state index in [4.69, 9.17) is 0 Å². The van der Waals surface area contributed by atoms with E-state index in [-0.39, 0.29) is 0 Å². The van der Waals surface area contributed by atoms with Gasteiger partial charge in [0.2, 0.25) is 0 Å². The van der Waals surface area contributed by atoms with E-state index in [0.29, 0.717) is 0 Å². The van der Waals surface area contributed by atoms with Crippen molar-refractivity contribution in [2.75, 3.05) is 0 Å². The van der Waals surface area contributed by atoms with E-state index in [0.717, 1.165) is 0 Å². The molecule has 0 aromatic heterocycles. The average molecular weight is 385 g/mol. The molecule has 0 atom stereocenters. The summed E-state index contributed by atoms with van der Waals surface area (Å²) >= 11 is 0. The normalized spacial score (nSPS) is 11.2. The average Bonchev–Trinajstić information content (AvgIpc) is 2.72. The minimum absolute atomic E-state index is 1.21. The van der Waals surface area contributed by atoms with Crippen LogP contribution in [0.25, 0.3) is 0 Å². The van der Waals surface area contributed by atoms with Gasteiger partial charge in [-0.1, -0.05) is 129 Å². The Morgan fingerprint density at radius 1 is 0.429 bits per heavy atom. The summed E-state index contributed by atoms with van der Waals surface area (Å²) in [6.07, 6.45) is 27.7. The van der Waals surface area contributed by atoms with Crippen LogP contribution in [0.3, 0.4) is 0 Å². The van der Waals surface area contributed by atoms with Crippen molar-refractivity contribution in [3.05, 3.63) is 35.4 Å². The number of unbranched alkanes of at least 4 members (excludes halogenated alkanes) is 16. The molecule has 0 heterocycles. The van der Waals surface area contributed by atoms with E-state index in [1.54, 1.807) is 0 Å². The molecular weight excluding hydrogens is 336 g/mol. The van der Waals surface area contributed by atoms with Crippen LogP contribution in [-0.2, 0) is 12.8 Å². The highest BCUT2D eigenvalue weighted by Crippen LogP contribution is 2.17. The van der Waals surface area contributed by atoms with E-state index in [9.17, 15) is 0 Å². The fourth-order valence-electron chi connectivity index (χ4n) is 4.13. The lowest BCUT2D eigenvalue weighted by atomic mass is 9.96. The van der Waals surface area contributed by atoms with E-state index in [1.807, 2.05) is 0 Å². The summed E-state index contributed by atoms with van der Waals surface area (Å²) in [7, 11) is 0. The van der Waals surface area contributed by atoms with Gasteiger partial charge < -0.3 is 0 Å². The van der Waals surface area contributed by atoms with Crippen molar-refractivity contribution in [1.82, 2.24) is 0 Å². The quantitative estimate of drug-likeness (QED) is 0.196. The highest BCUT2D eigenvalue weighted by molar-refractivity contribution is 5.25. The molecule has 0 aliphatic rings. The molecule has 0 saturated carbocycles. The predicted octanol–water partition coefficient (Wildman–Crippen LogP) is 9.43. The summed E-state index contributed by atoms with van der Waals surface area (Å²) < 4.78 is 0. The zero-order valence-electron chi connectivity index (χ0n) is 19.3. The monoisotopic (exact) mass is 384 g/mol. The Morgan fingerprint density at radius 2 is 0.714 bits per heavy atom. The van der Waals surface area contributed by atoms with Gasteiger partial charge in [-0.25, -0.2) is 0 Å². The molecule has 1 aromatic rings. The van der Waals surface area contributed by atoms with Crippen molar-refractivity contribution >= 4 is 0 Å². The van der Waals surface area contributed by atoms with Gasteiger partial charge in [-0.2, -0.15) is 0 Å². The molecule has 1 aromatic carbocycles. The summed E-state index contributed by atoms with van der Waals surface area (Å²) in [5.74, 6) is 0. The van der Waals surface area contributed by atoms with Gasteiger partial charge in [0.15, 0.2) is 0 Å². The second-order valence-electron chi connectivity index (χ2n) is 8.74. The summed E-state index contributed by atoms with van der Waals surface area (Å²) in [5.41, 5.74) is 2.90. The summed E-state index contributed by atoms with van der Waals surface area (Å²) in [6, 6.07) is 11.1. The highest BCUT2D eigenvalue weighted by atomic mass is 14.1. The molecule has 0 N–H and O–H groups in total. The third-order valence-corrected chi connectivity index (χ3v) is 6.02. The largest absolute Gasteiger partial charge is 0.0654 e. The van der Waals surface area contributed by atoms with Crippen molar-refractivity contribution in [2.45, 2.75) is 142 Å². The molecule has 0 spiro atoms. The first kappa shape index (κ1) is 25.3. The summed E-state index contributed by atoms with van der Waals surface area (Å²) in [5, 5.41) is 0. The Balaban J connectivity index is 2.06. The van der Waals surface area contributed by atoms with Crippen LogP contribution in [0.15, 0.2) is 12.1 Å². The maximum absolute atomic E-state index is 3.51. The molecule has 0 amide bonds. The van der Waals surface area contributed by atoms with Gasteiger partial charge in [0.1, 0.15) is 0 Å². The third-order valence-electron chi connectivity index (χ3n) is 6.02. The Kier molecular flexibility index (Phi) is 17.6. The second-order valence-corrected chi connectivity index (χ2v) is 8.74. The maximum atomic E-state index is 3.51. The van der Waals surface area contributed by atoms with Crippen molar-refractivity contribution < 1.29 is 0 Å². The molecule has 0 aliphatic heterocycles. The SMILES string of the molecule is CCCCCCCCCCCc1[c]cc[c]c1CCCCCCCCCCC. The van der Waals surface area contributed by atoms with Crippen LogP contribution in [0, 0.1) is 12.1 Å². The molecular formula is C28H48. The number of hydrogen-bond donors (Lipinski definition) is 0. The zero-order chi connectivity index (χ0) is 20.1. The molecule has 0 heteroatoms. The van der Waals surface area contributed by atoms with Gasteiger partial charge in [-0.15, -0.1) is 0 Å². The first-order chi connectivity index (χ1) is 13.9. The standard InChI is InChI=1S/C28H48/c1-3-5-7-9-11-13-15-17-19-23-27-25-21-22-26-28(27)24-20-18-16-14-12-10-8-6-4-2/h21-22H,3-20,23-24H2,1-2H3.